The van der Waals surface area contributed by atoms with Gasteiger partial charge in [-0.05, 0) is 59.6 Å². The molecule has 3 nitrogen and oxygen atoms in total. The van der Waals surface area contributed by atoms with Gasteiger partial charge in [0.2, 0.25) is 0 Å². The van der Waals surface area contributed by atoms with Crippen molar-refractivity contribution in [2.24, 2.45) is 0 Å². The van der Waals surface area contributed by atoms with Crippen LogP contribution in [0.5, 0.6) is 0 Å². The summed E-state index contributed by atoms with van der Waals surface area (Å²) in [6.07, 6.45) is 1.16. The second-order valence-corrected chi connectivity index (χ2v) is 7.15. The van der Waals surface area contributed by atoms with E-state index in [1.54, 1.807) is 11.3 Å². The monoisotopic (exact) mass is 367 g/mol. The van der Waals surface area contributed by atoms with Crippen molar-refractivity contribution in [1.29, 1.82) is 0 Å². The Kier molecular flexibility index (Phi) is 6.21. The van der Waals surface area contributed by atoms with E-state index in [9.17, 15) is 0 Å². The van der Waals surface area contributed by atoms with E-state index in [0.29, 0.717) is 0 Å². The van der Waals surface area contributed by atoms with Crippen LogP contribution < -0.4 is 10.2 Å². The number of nitrogens with one attached hydrogen (secondary N) is 1. The van der Waals surface area contributed by atoms with Crippen molar-refractivity contribution >= 4 is 33.1 Å². The Morgan fingerprint density at radius 3 is 2.81 bits per heavy atom. The van der Waals surface area contributed by atoms with Gasteiger partial charge >= 0.3 is 0 Å². The van der Waals surface area contributed by atoms with Crippen molar-refractivity contribution in [2.75, 3.05) is 18.5 Å². The van der Waals surface area contributed by atoms with E-state index in [4.69, 9.17) is 0 Å². The van der Waals surface area contributed by atoms with Crippen LogP contribution in [0.4, 0.5) is 5.82 Å². The molecule has 0 unspecified atom stereocenters. The van der Waals surface area contributed by atoms with Gasteiger partial charge in [-0.2, -0.15) is 0 Å². The molecular formula is C16H22BrN3S. The number of thiophene rings is 1. The van der Waals surface area contributed by atoms with Gasteiger partial charge in [0.15, 0.2) is 0 Å². The zero-order valence-corrected chi connectivity index (χ0v) is 15.2. The topological polar surface area (TPSA) is 28.2 Å². The van der Waals surface area contributed by atoms with E-state index in [2.05, 4.69) is 75.6 Å². The number of pyridine rings is 1. The van der Waals surface area contributed by atoms with Crippen molar-refractivity contribution < 1.29 is 0 Å². The highest BCUT2D eigenvalue weighted by Gasteiger charge is 2.08. The molecule has 0 amide bonds. The second kappa shape index (κ2) is 7.92. The number of nitrogens with zero attached hydrogens (tertiary/aromatic N) is 2. The lowest BCUT2D eigenvalue weighted by atomic mass is 10.2. The van der Waals surface area contributed by atoms with Gasteiger partial charge in [0.1, 0.15) is 5.82 Å². The fourth-order valence-electron chi connectivity index (χ4n) is 2.18. The number of hydrogen-bond donors (Lipinski definition) is 1. The lowest BCUT2D eigenvalue weighted by Crippen LogP contribution is -2.19. The van der Waals surface area contributed by atoms with E-state index in [0.717, 1.165) is 42.0 Å². The minimum atomic E-state index is 0.883. The van der Waals surface area contributed by atoms with Crippen LogP contribution in [0.1, 0.15) is 29.5 Å². The number of rotatable bonds is 7. The highest BCUT2D eigenvalue weighted by Crippen LogP contribution is 2.23. The van der Waals surface area contributed by atoms with Gasteiger partial charge < -0.3 is 10.2 Å². The molecule has 0 fully saturated rings. The minimum absolute atomic E-state index is 0.883. The van der Waals surface area contributed by atoms with Gasteiger partial charge in [-0.15, -0.1) is 11.3 Å². The quantitative estimate of drug-likeness (QED) is 0.737. The third kappa shape index (κ3) is 5.09. The Bertz CT molecular complexity index is 583. The molecule has 2 aromatic rings. The Hall–Kier alpha value is -0.910. The minimum Gasteiger partial charge on any atom is -0.355 e. The van der Waals surface area contributed by atoms with E-state index in [1.807, 2.05) is 0 Å². The summed E-state index contributed by atoms with van der Waals surface area (Å²) in [5.74, 6) is 1.04. The molecule has 21 heavy (non-hydrogen) atoms. The molecule has 0 atom stereocenters. The molecule has 0 saturated carbocycles. The molecule has 0 bridgehead atoms. The average Bonchev–Trinajstić information content (AvgIpc) is 2.84. The number of halogens is 1. The van der Waals surface area contributed by atoms with Gasteiger partial charge in [0.05, 0.1) is 6.54 Å². The van der Waals surface area contributed by atoms with Gasteiger partial charge in [-0.3, -0.25) is 0 Å². The van der Waals surface area contributed by atoms with Crippen molar-refractivity contribution in [3.05, 3.63) is 44.2 Å². The summed E-state index contributed by atoms with van der Waals surface area (Å²) in [6.45, 7) is 7.08. The fourth-order valence-corrected chi connectivity index (χ4v) is 3.68. The van der Waals surface area contributed by atoms with Crippen LogP contribution in [0.3, 0.4) is 0 Å². The Morgan fingerprint density at radius 2 is 2.14 bits per heavy atom. The molecule has 0 aliphatic rings. The molecule has 0 aliphatic heterocycles. The summed E-state index contributed by atoms with van der Waals surface area (Å²) in [5.41, 5.74) is 2.37. The summed E-state index contributed by atoms with van der Waals surface area (Å²) in [6, 6.07) is 6.50. The van der Waals surface area contributed by atoms with Crippen molar-refractivity contribution in [3.8, 4) is 0 Å². The molecular weight excluding hydrogens is 346 g/mol. The highest BCUT2D eigenvalue weighted by atomic mass is 79.9. The molecule has 1 N–H and O–H groups in total. The molecule has 0 aliphatic carbocycles. The van der Waals surface area contributed by atoms with Crippen LogP contribution in [0, 0.1) is 6.92 Å². The van der Waals surface area contributed by atoms with Gasteiger partial charge in [0, 0.05) is 34.0 Å². The smallest absolute Gasteiger partial charge is 0.129 e. The van der Waals surface area contributed by atoms with Crippen molar-refractivity contribution in [1.82, 2.24) is 10.3 Å². The number of aromatic nitrogens is 1. The van der Waals surface area contributed by atoms with Gasteiger partial charge in [-0.1, -0.05) is 6.92 Å². The maximum Gasteiger partial charge on any atom is 0.129 e. The molecule has 2 rings (SSSR count). The second-order valence-electron chi connectivity index (χ2n) is 5.24. The number of aryl methyl sites for hydroxylation is 1. The summed E-state index contributed by atoms with van der Waals surface area (Å²) < 4.78 is 1.15. The largest absolute Gasteiger partial charge is 0.355 e. The maximum absolute atomic E-state index is 4.66. The summed E-state index contributed by atoms with van der Waals surface area (Å²) >= 11 is 5.27. The molecule has 0 saturated heterocycles. The fraction of sp³-hybridized carbons (Fsp3) is 0.438. The maximum atomic E-state index is 4.66. The molecule has 5 heteroatoms. The summed E-state index contributed by atoms with van der Waals surface area (Å²) in [7, 11) is 2.10. The Morgan fingerprint density at radius 1 is 1.33 bits per heavy atom. The molecule has 0 spiro atoms. The summed E-state index contributed by atoms with van der Waals surface area (Å²) in [4.78, 5) is 8.19. The van der Waals surface area contributed by atoms with Crippen LogP contribution in [-0.4, -0.2) is 18.6 Å². The highest BCUT2D eigenvalue weighted by molar-refractivity contribution is 9.10. The zero-order chi connectivity index (χ0) is 15.2. The molecule has 0 aromatic carbocycles. The van der Waals surface area contributed by atoms with Crippen LogP contribution in [-0.2, 0) is 13.1 Å². The third-order valence-corrected chi connectivity index (χ3v) is 4.84. The van der Waals surface area contributed by atoms with E-state index in [-0.39, 0.29) is 0 Å². The zero-order valence-electron chi connectivity index (χ0n) is 12.8. The first-order valence-electron chi connectivity index (χ1n) is 7.21. The van der Waals surface area contributed by atoms with Crippen LogP contribution in [0.15, 0.2) is 28.1 Å². The average molecular weight is 368 g/mol. The molecule has 2 heterocycles. The first kappa shape index (κ1) is 16.5. The van der Waals surface area contributed by atoms with Gasteiger partial charge in [-0.25, -0.2) is 4.98 Å². The van der Waals surface area contributed by atoms with Gasteiger partial charge in [0.25, 0.3) is 0 Å². The Balaban J connectivity index is 2.07. The third-order valence-electron chi connectivity index (χ3n) is 3.16. The van der Waals surface area contributed by atoms with Crippen molar-refractivity contribution in [2.45, 2.75) is 33.4 Å². The summed E-state index contributed by atoms with van der Waals surface area (Å²) in [5, 5.41) is 5.57. The normalized spacial score (nSPS) is 10.9. The van der Waals surface area contributed by atoms with Crippen LogP contribution in [0.2, 0.25) is 0 Å². The van der Waals surface area contributed by atoms with Crippen LogP contribution >= 0.6 is 27.3 Å². The van der Waals surface area contributed by atoms with Crippen LogP contribution in [0.25, 0.3) is 0 Å². The number of anilines is 1. The molecule has 0 radical (unpaired) electrons. The van der Waals surface area contributed by atoms with E-state index < -0.39 is 0 Å². The lowest BCUT2D eigenvalue weighted by Gasteiger charge is -2.19. The molecule has 114 valence electrons. The standard InChI is InChI=1S/C16H22BrN3S/c1-4-5-18-9-13-6-12(2)19-16(7-13)20(3)10-15-8-14(17)11-21-15/h6-8,11,18H,4-5,9-10H2,1-3H3. The molecule has 2 aromatic heterocycles. The predicted molar refractivity (Wildman–Crippen MR) is 95.1 cm³/mol. The Labute approximate surface area is 139 Å². The predicted octanol–water partition coefficient (Wildman–Crippen LogP) is 4.35. The number of hydrogen-bond acceptors (Lipinski definition) is 4. The van der Waals surface area contributed by atoms with E-state index >= 15 is 0 Å². The SMILES string of the molecule is CCCNCc1cc(C)nc(N(C)Cc2cc(Br)cs2)c1. The first-order chi connectivity index (χ1) is 10.1. The van der Waals surface area contributed by atoms with E-state index in [1.165, 1.54) is 10.4 Å². The lowest BCUT2D eigenvalue weighted by molar-refractivity contribution is 0.674. The first-order valence-corrected chi connectivity index (χ1v) is 8.88. The van der Waals surface area contributed by atoms with Crippen molar-refractivity contribution in [3.63, 3.8) is 0 Å².